The first-order valence-corrected chi connectivity index (χ1v) is 7.66. The fraction of sp³-hybridized carbons (Fsp3) is 0.533. The first-order valence-electron chi connectivity index (χ1n) is 6.87. The molecule has 0 unspecified atom stereocenters. The Hall–Kier alpha value is -1.03. The predicted molar refractivity (Wildman–Crippen MR) is 84.2 cm³/mol. The van der Waals surface area contributed by atoms with E-state index in [4.69, 9.17) is 5.73 Å². The molecule has 1 rings (SSSR count). The van der Waals surface area contributed by atoms with Gasteiger partial charge in [-0.1, -0.05) is 42.6 Å². The fourth-order valence-corrected chi connectivity index (χ4v) is 2.64. The highest BCUT2D eigenvalue weighted by molar-refractivity contribution is 9.10. The number of carbonyl (C=O) groups is 1. The van der Waals surface area contributed by atoms with E-state index in [0.29, 0.717) is 17.2 Å². The maximum Gasteiger partial charge on any atom is 0.253 e. The second-order valence-electron chi connectivity index (χ2n) is 4.80. The largest absolute Gasteiger partial charge is 0.399 e. The second kappa shape index (κ2) is 7.53. The highest BCUT2D eigenvalue weighted by Gasteiger charge is 2.18. The molecule has 1 aromatic rings. The van der Waals surface area contributed by atoms with Gasteiger partial charge in [-0.2, -0.15) is 0 Å². The standard InChI is InChI=1S/C15H23BrN2O/c1-4-11(5-2)10-18(6-3)15(19)12-7-13(16)9-14(17)8-12/h7-9,11H,4-6,10,17H2,1-3H3. The highest BCUT2D eigenvalue weighted by atomic mass is 79.9. The van der Waals surface area contributed by atoms with Gasteiger partial charge in [0.15, 0.2) is 0 Å². The van der Waals surface area contributed by atoms with E-state index in [-0.39, 0.29) is 5.91 Å². The van der Waals surface area contributed by atoms with Crippen molar-refractivity contribution in [2.45, 2.75) is 33.6 Å². The molecule has 0 aliphatic rings. The molecule has 4 heteroatoms. The lowest BCUT2D eigenvalue weighted by Crippen LogP contribution is -2.35. The van der Waals surface area contributed by atoms with Gasteiger partial charge in [0, 0.05) is 28.8 Å². The lowest BCUT2D eigenvalue weighted by atomic mass is 10.0. The molecule has 0 saturated heterocycles. The van der Waals surface area contributed by atoms with Crippen molar-refractivity contribution >= 4 is 27.5 Å². The zero-order valence-corrected chi connectivity index (χ0v) is 13.5. The first kappa shape index (κ1) is 16.0. The maximum atomic E-state index is 12.5. The van der Waals surface area contributed by atoms with Crippen molar-refractivity contribution in [2.75, 3.05) is 18.8 Å². The van der Waals surface area contributed by atoms with Crippen LogP contribution in [0.3, 0.4) is 0 Å². The summed E-state index contributed by atoms with van der Waals surface area (Å²) in [5.41, 5.74) is 7.05. The van der Waals surface area contributed by atoms with Gasteiger partial charge in [-0.25, -0.2) is 0 Å². The molecular formula is C15H23BrN2O. The van der Waals surface area contributed by atoms with E-state index in [1.54, 1.807) is 12.1 Å². The normalized spacial score (nSPS) is 10.8. The molecule has 106 valence electrons. The molecule has 1 aromatic carbocycles. The third kappa shape index (κ3) is 4.53. The minimum atomic E-state index is 0.0578. The summed E-state index contributed by atoms with van der Waals surface area (Å²) in [5.74, 6) is 0.621. The van der Waals surface area contributed by atoms with Crippen LogP contribution in [0.25, 0.3) is 0 Å². The Morgan fingerprint density at radius 2 is 1.89 bits per heavy atom. The summed E-state index contributed by atoms with van der Waals surface area (Å²) in [6.45, 7) is 7.89. The molecule has 0 heterocycles. The Bertz CT molecular complexity index is 410. The second-order valence-corrected chi connectivity index (χ2v) is 5.72. The van der Waals surface area contributed by atoms with Crippen molar-refractivity contribution in [1.82, 2.24) is 4.90 Å². The zero-order chi connectivity index (χ0) is 14.4. The van der Waals surface area contributed by atoms with Crippen molar-refractivity contribution in [1.29, 1.82) is 0 Å². The van der Waals surface area contributed by atoms with Crippen LogP contribution in [-0.4, -0.2) is 23.9 Å². The Labute approximate surface area is 124 Å². The third-order valence-electron chi connectivity index (χ3n) is 3.47. The van der Waals surface area contributed by atoms with E-state index >= 15 is 0 Å². The van der Waals surface area contributed by atoms with Crippen LogP contribution in [0.1, 0.15) is 44.0 Å². The minimum absolute atomic E-state index is 0.0578. The van der Waals surface area contributed by atoms with Crippen molar-refractivity contribution in [3.63, 3.8) is 0 Å². The Balaban J connectivity index is 2.88. The van der Waals surface area contributed by atoms with Gasteiger partial charge in [-0.15, -0.1) is 0 Å². The van der Waals surface area contributed by atoms with Crippen LogP contribution < -0.4 is 5.73 Å². The zero-order valence-electron chi connectivity index (χ0n) is 11.9. The number of nitrogens with zero attached hydrogens (tertiary/aromatic N) is 1. The third-order valence-corrected chi connectivity index (χ3v) is 3.93. The number of benzene rings is 1. The van der Waals surface area contributed by atoms with Gasteiger partial charge < -0.3 is 10.6 Å². The summed E-state index contributed by atoms with van der Waals surface area (Å²) in [7, 11) is 0. The quantitative estimate of drug-likeness (QED) is 0.805. The Morgan fingerprint density at radius 3 is 2.37 bits per heavy atom. The van der Waals surface area contributed by atoms with Gasteiger partial charge in [0.2, 0.25) is 0 Å². The van der Waals surface area contributed by atoms with Gasteiger partial charge >= 0.3 is 0 Å². The number of anilines is 1. The molecule has 1 amide bonds. The Kier molecular flexibility index (Phi) is 6.35. The van der Waals surface area contributed by atoms with Crippen LogP contribution in [0.15, 0.2) is 22.7 Å². The number of nitrogens with two attached hydrogens (primary N) is 1. The van der Waals surface area contributed by atoms with E-state index in [9.17, 15) is 4.79 Å². The number of rotatable bonds is 6. The van der Waals surface area contributed by atoms with Gasteiger partial charge in [-0.05, 0) is 31.0 Å². The summed E-state index contributed by atoms with van der Waals surface area (Å²) < 4.78 is 0.842. The van der Waals surface area contributed by atoms with Crippen LogP contribution >= 0.6 is 15.9 Å². The molecule has 0 saturated carbocycles. The van der Waals surface area contributed by atoms with E-state index in [1.165, 1.54) is 0 Å². The van der Waals surface area contributed by atoms with Crippen molar-refractivity contribution in [3.05, 3.63) is 28.2 Å². The average Bonchev–Trinajstić information content (AvgIpc) is 2.38. The summed E-state index contributed by atoms with van der Waals surface area (Å²) in [4.78, 5) is 14.4. The van der Waals surface area contributed by atoms with Gasteiger partial charge in [0.1, 0.15) is 0 Å². The summed E-state index contributed by atoms with van der Waals surface area (Å²) in [5, 5.41) is 0. The van der Waals surface area contributed by atoms with E-state index < -0.39 is 0 Å². The highest BCUT2D eigenvalue weighted by Crippen LogP contribution is 2.19. The van der Waals surface area contributed by atoms with Crippen LogP contribution in [0.2, 0.25) is 0 Å². The predicted octanol–water partition coefficient (Wildman–Crippen LogP) is 3.93. The summed E-state index contributed by atoms with van der Waals surface area (Å²) in [6, 6.07) is 5.37. The molecule has 0 bridgehead atoms. The monoisotopic (exact) mass is 326 g/mol. The smallest absolute Gasteiger partial charge is 0.253 e. The lowest BCUT2D eigenvalue weighted by Gasteiger charge is -2.25. The molecule has 19 heavy (non-hydrogen) atoms. The van der Waals surface area contributed by atoms with Crippen LogP contribution in [0.4, 0.5) is 5.69 Å². The molecule has 3 nitrogen and oxygen atoms in total. The van der Waals surface area contributed by atoms with Gasteiger partial charge in [0.05, 0.1) is 0 Å². The van der Waals surface area contributed by atoms with E-state index in [1.807, 2.05) is 17.9 Å². The topological polar surface area (TPSA) is 46.3 Å². The average molecular weight is 327 g/mol. The maximum absolute atomic E-state index is 12.5. The molecule has 2 N–H and O–H groups in total. The molecular weight excluding hydrogens is 304 g/mol. The molecule has 0 fully saturated rings. The fourth-order valence-electron chi connectivity index (χ4n) is 2.13. The van der Waals surface area contributed by atoms with Crippen molar-refractivity contribution in [3.8, 4) is 0 Å². The lowest BCUT2D eigenvalue weighted by molar-refractivity contribution is 0.0735. The van der Waals surface area contributed by atoms with Crippen LogP contribution in [0, 0.1) is 5.92 Å². The number of carbonyl (C=O) groups excluding carboxylic acids is 1. The molecule has 0 aliphatic heterocycles. The molecule has 0 radical (unpaired) electrons. The van der Waals surface area contributed by atoms with E-state index in [2.05, 4.69) is 29.8 Å². The summed E-state index contributed by atoms with van der Waals surface area (Å²) >= 11 is 3.38. The van der Waals surface area contributed by atoms with Crippen LogP contribution in [0.5, 0.6) is 0 Å². The number of hydrogen-bond donors (Lipinski definition) is 1. The molecule has 0 atom stereocenters. The first-order chi connectivity index (χ1) is 9.01. The number of hydrogen-bond acceptors (Lipinski definition) is 2. The van der Waals surface area contributed by atoms with Crippen molar-refractivity contribution < 1.29 is 4.79 Å². The molecule has 0 aliphatic carbocycles. The molecule has 0 spiro atoms. The van der Waals surface area contributed by atoms with Gasteiger partial charge in [0.25, 0.3) is 5.91 Å². The minimum Gasteiger partial charge on any atom is -0.399 e. The Morgan fingerprint density at radius 1 is 1.26 bits per heavy atom. The van der Waals surface area contributed by atoms with Crippen LogP contribution in [-0.2, 0) is 0 Å². The number of amides is 1. The number of halogens is 1. The number of nitrogen functional groups attached to an aromatic ring is 1. The van der Waals surface area contributed by atoms with Gasteiger partial charge in [-0.3, -0.25) is 4.79 Å². The van der Waals surface area contributed by atoms with Crippen molar-refractivity contribution in [2.24, 2.45) is 5.92 Å². The van der Waals surface area contributed by atoms with E-state index in [0.717, 1.165) is 30.4 Å². The SMILES string of the molecule is CCC(CC)CN(CC)C(=O)c1cc(N)cc(Br)c1. The summed E-state index contributed by atoms with van der Waals surface area (Å²) in [6.07, 6.45) is 2.20. The molecule has 0 aromatic heterocycles.